The van der Waals surface area contributed by atoms with Crippen molar-refractivity contribution in [3.63, 3.8) is 0 Å². The molecule has 1 rings (SSSR count). The van der Waals surface area contributed by atoms with Gasteiger partial charge >= 0.3 is 0 Å². The molecule has 2 unspecified atom stereocenters. The third-order valence-corrected chi connectivity index (χ3v) is 3.53. The number of hydrogen-bond donors (Lipinski definition) is 2. The minimum absolute atomic E-state index is 0.590. The van der Waals surface area contributed by atoms with Crippen LogP contribution in [-0.4, -0.2) is 12.1 Å². The second-order valence-electron chi connectivity index (χ2n) is 5.20. The molecule has 0 radical (unpaired) electrons. The minimum Gasteiger partial charge on any atom is -0.310 e. The Morgan fingerprint density at radius 3 is 1.72 bits per heavy atom. The summed E-state index contributed by atoms with van der Waals surface area (Å²) in [7, 11) is 0. The van der Waals surface area contributed by atoms with Crippen LogP contribution in [0.25, 0.3) is 0 Å². The van der Waals surface area contributed by atoms with Crippen molar-refractivity contribution in [2.24, 2.45) is 0 Å². The Morgan fingerprint density at radius 1 is 0.889 bits per heavy atom. The molecule has 2 atom stereocenters. The summed E-state index contributed by atoms with van der Waals surface area (Å²) in [5, 5.41) is 7.06. The molecular weight excluding hydrogens is 220 g/mol. The average molecular weight is 248 g/mol. The van der Waals surface area contributed by atoms with Crippen LogP contribution in [0.5, 0.6) is 0 Å². The molecule has 0 spiro atoms. The Bertz CT molecular complexity index is 306. The van der Waals surface area contributed by atoms with Crippen molar-refractivity contribution in [1.29, 1.82) is 0 Å². The van der Waals surface area contributed by atoms with Crippen molar-refractivity contribution >= 4 is 0 Å². The third-order valence-electron chi connectivity index (χ3n) is 3.53. The average Bonchev–Trinajstić information content (AvgIpc) is 2.42. The molecule has 0 amide bonds. The molecule has 0 aliphatic carbocycles. The van der Waals surface area contributed by atoms with Gasteiger partial charge in [0.25, 0.3) is 0 Å². The van der Waals surface area contributed by atoms with Crippen molar-refractivity contribution in [1.82, 2.24) is 10.6 Å². The Kier molecular flexibility index (Phi) is 6.99. The normalized spacial score (nSPS) is 14.4. The zero-order chi connectivity index (χ0) is 13.4. The van der Waals surface area contributed by atoms with Gasteiger partial charge in [0, 0.05) is 25.2 Å². The molecule has 0 bridgehead atoms. The maximum atomic E-state index is 3.53. The molecule has 1 aromatic carbocycles. The van der Waals surface area contributed by atoms with E-state index >= 15 is 0 Å². The van der Waals surface area contributed by atoms with Crippen LogP contribution in [0, 0.1) is 0 Å². The van der Waals surface area contributed by atoms with E-state index in [0.717, 1.165) is 13.1 Å². The van der Waals surface area contributed by atoms with Crippen molar-refractivity contribution in [3.8, 4) is 0 Å². The maximum Gasteiger partial charge on any atom is 0.0208 e. The molecule has 2 heteroatoms. The lowest BCUT2D eigenvalue weighted by molar-refractivity contribution is 0.529. The summed E-state index contributed by atoms with van der Waals surface area (Å²) in [4.78, 5) is 0. The highest BCUT2D eigenvalue weighted by atomic mass is 14.9. The lowest BCUT2D eigenvalue weighted by atomic mass is 10.1. The summed E-state index contributed by atoms with van der Waals surface area (Å²) in [6, 6.07) is 10.0. The van der Waals surface area contributed by atoms with E-state index in [2.05, 4.69) is 62.6 Å². The van der Waals surface area contributed by atoms with E-state index in [1.807, 2.05) is 0 Å². The van der Waals surface area contributed by atoms with Crippen molar-refractivity contribution in [2.75, 3.05) is 0 Å². The van der Waals surface area contributed by atoms with Crippen molar-refractivity contribution < 1.29 is 0 Å². The fourth-order valence-corrected chi connectivity index (χ4v) is 1.72. The van der Waals surface area contributed by atoms with E-state index in [1.165, 1.54) is 24.0 Å². The Labute approximate surface area is 112 Å². The van der Waals surface area contributed by atoms with E-state index in [1.54, 1.807) is 0 Å². The third kappa shape index (κ3) is 5.65. The van der Waals surface area contributed by atoms with Gasteiger partial charge in [0.2, 0.25) is 0 Å². The maximum absolute atomic E-state index is 3.53. The fourth-order valence-electron chi connectivity index (χ4n) is 1.72. The second-order valence-corrected chi connectivity index (χ2v) is 5.20. The van der Waals surface area contributed by atoms with Gasteiger partial charge in [-0.15, -0.1) is 0 Å². The summed E-state index contributed by atoms with van der Waals surface area (Å²) in [5.41, 5.74) is 2.75. The van der Waals surface area contributed by atoms with Crippen LogP contribution in [0.4, 0.5) is 0 Å². The zero-order valence-electron chi connectivity index (χ0n) is 12.3. The summed E-state index contributed by atoms with van der Waals surface area (Å²) >= 11 is 0. The van der Waals surface area contributed by atoms with Crippen molar-refractivity contribution in [2.45, 2.75) is 65.7 Å². The SMILES string of the molecule is CCC(C)NCc1cccc(CNC(C)CC)c1. The minimum atomic E-state index is 0.590. The van der Waals surface area contributed by atoms with Crippen LogP contribution >= 0.6 is 0 Å². The molecule has 2 nitrogen and oxygen atoms in total. The molecule has 1 aromatic rings. The van der Waals surface area contributed by atoms with E-state index in [0.29, 0.717) is 12.1 Å². The highest BCUT2D eigenvalue weighted by Crippen LogP contribution is 2.06. The van der Waals surface area contributed by atoms with Gasteiger partial charge in [-0.2, -0.15) is 0 Å². The topological polar surface area (TPSA) is 24.1 Å². The largest absolute Gasteiger partial charge is 0.310 e. The molecular formula is C16H28N2. The van der Waals surface area contributed by atoms with Gasteiger partial charge in [-0.05, 0) is 37.8 Å². The summed E-state index contributed by atoms with van der Waals surface area (Å²) < 4.78 is 0. The first-order valence-corrected chi connectivity index (χ1v) is 7.20. The molecule has 0 saturated heterocycles. The van der Waals surface area contributed by atoms with Gasteiger partial charge in [0.05, 0.1) is 0 Å². The number of hydrogen-bond acceptors (Lipinski definition) is 2. The van der Waals surface area contributed by atoms with Gasteiger partial charge in [0.15, 0.2) is 0 Å². The van der Waals surface area contributed by atoms with Crippen LogP contribution in [0.2, 0.25) is 0 Å². The second kappa shape index (κ2) is 8.28. The number of benzene rings is 1. The fraction of sp³-hybridized carbons (Fsp3) is 0.625. The van der Waals surface area contributed by atoms with Gasteiger partial charge in [0.1, 0.15) is 0 Å². The van der Waals surface area contributed by atoms with E-state index in [4.69, 9.17) is 0 Å². The molecule has 2 N–H and O–H groups in total. The lowest BCUT2D eigenvalue weighted by Gasteiger charge is -2.14. The highest BCUT2D eigenvalue weighted by Gasteiger charge is 2.01. The van der Waals surface area contributed by atoms with Crippen LogP contribution in [-0.2, 0) is 13.1 Å². The number of rotatable bonds is 8. The molecule has 0 aromatic heterocycles. The van der Waals surface area contributed by atoms with E-state index in [-0.39, 0.29) is 0 Å². The monoisotopic (exact) mass is 248 g/mol. The Hall–Kier alpha value is -0.860. The van der Waals surface area contributed by atoms with Crippen LogP contribution in [0.3, 0.4) is 0 Å². The predicted molar refractivity (Wildman–Crippen MR) is 79.6 cm³/mol. The molecule has 0 aliphatic heterocycles. The van der Waals surface area contributed by atoms with Gasteiger partial charge in [-0.1, -0.05) is 38.1 Å². The van der Waals surface area contributed by atoms with E-state index < -0.39 is 0 Å². The first-order chi connectivity index (χ1) is 8.65. The van der Waals surface area contributed by atoms with E-state index in [9.17, 15) is 0 Å². The van der Waals surface area contributed by atoms with Crippen LogP contribution in [0.1, 0.15) is 51.7 Å². The molecule has 0 saturated carbocycles. The predicted octanol–water partition coefficient (Wildman–Crippen LogP) is 3.46. The Balaban J connectivity index is 2.46. The standard InChI is InChI=1S/C16H28N2/c1-5-13(3)17-11-15-8-7-9-16(10-15)12-18-14(4)6-2/h7-10,13-14,17-18H,5-6,11-12H2,1-4H3. The molecule has 0 fully saturated rings. The van der Waals surface area contributed by atoms with Gasteiger partial charge in [-0.3, -0.25) is 0 Å². The molecule has 0 heterocycles. The molecule has 102 valence electrons. The molecule has 18 heavy (non-hydrogen) atoms. The highest BCUT2D eigenvalue weighted by molar-refractivity contribution is 5.23. The smallest absolute Gasteiger partial charge is 0.0208 e. The first-order valence-electron chi connectivity index (χ1n) is 7.20. The zero-order valence-corrected chi connectivity index (χ0v) is 12.3. The first kappa shape index (κ1) is 15.2. The molecule has 0 aliphatic rings. The van der Waals surface area contributed by atoms with Gasteiger partial charge < -0.3 is 10.6 Å². The van der Waals surface area contributed by atoms with Gasteiger partial charge in [-0.25, -0.2) is 0 Å². The summed E-state index contributed by atoms with van der Waals surface area (Å²) in [6.07, 6.45) is 2.35. The quantitative estimate of drug-likeness (QED) is 0.736. The summed E-state index contributed by atoms with van der Waals surface area (Å²) in [6.45, 7) is 10.8. The summed E-state index contributed by atoms with van der Waals surface area (Å²) in [5.74, 6) is 0. The van der Waals surface area contributed by atoms with Crippen LogP contribution in [0.15, 0.2) is 24.3 Å². The number of nitrogens with one attached hydrogen (secondary N) is 2. The van der Waals surface area contributed by atoms with Crippen LogP contribution < -0.4 is 10.6 Å². The lowest BCUT2D eigenvalue weighted by Crippen LogP contribution is -2.25. The van der Waals surface area contributed by atoms with Crippen molar-refractivity contribution in [3.05, 3.63) is 35.4 Å². The Morgan fingerprint density at radius 2 is 1.33 bits per heavy atom.